The summed E-state index contributed by atoms with van der Waals surface area (Å²) in [4.78, 5) is 16.7. The molecule has 0 bridgehead atoms. The van der Waals surface area contributed by atoms with Crippen LogP contribution in [-0.2, 0) is 29.4 Å². The second-order valence-corrected chi connectivity index (χ2v) is 9.19. The van der Waals surface area contributed by atoms with E-state index < -0.39 is 10.0 Å². The molecule has 170 valence electrons. The third-order valence-corrected chi connectivity index (χ3v) is 6.23. The number of aryl methyl sites for hydroxylation is 2. The van der Waals surface area contributed by atoms with E-state index in [1.165, 1.54) is 4.68 Å². The molecule has 0 spiro atoms. The van der Waals surface area contributed by atoms with Crippen LogP contribution in [-0.4, -0.2) is 29.1 Å². The van der Waals surface area contributed by atoms with Gasteiger partial charge in [0.15, 0.2) is 0 Å². The van der Waals surface area contributed by atoms with Crippen LogP contribution in [0.4, 0.5) is 5.69 Å². The second kappa shape index (κ2) is 9.29. The van der Waals surface area contributed by atoms with Gasteiger partial charge in [0.25, 0.3) is 5.91 Å². The minimum absolute atomic E-state index is 0.109. The van der Waals surface area contributed by atoms with Crippen LogP contribution in [0.1, 0.15) is 27.5 Å². The van der Waals surface area contributed by atoms with E-state index in [1.54, 1.807) is 74.8 Å². The van der Waals surface area contributed by atoms with Gasteiger partial charge in [0, 0.05) is 24.5 Å². The summed E-state index contributed by atoms with van der Waals surface area (Å²) in [5.41, 5.74) is 2.89. The molecule has 1 amide bonds. The Morgan fingerprint density at radius 2 is 1.79 bits per heavy atom. The number of anilines is 1. The van der Waals surface area contributed by atoms with Crippen molar-refractivity contribution in [1.82, 2.24) is 20.1 Å². The number of hydrogen-bond acceptors (Lipinski definition) is 6. The zero-order valence-electron chi connectivity index (χ0n) is 18.1. The Balaban J connectivity index is 1.41. The molecule has 0 unspecified atom stereocenters. The lowest BCUT2D eigenvalue weighted by Crippen LogP contribution is -2.25. The van der Waals surface area contributed by atoms with Crippen molar-refractivity contribution >= 4 is 21.6 Å². The average Bonchev–Trinajstić information content (AvgIpc) is 3.38. The van der Waals surface area contributed by atoms with Crippen LogP contribution in [0.3, 0.4) is 0 Å². The molecule has 2 aromatic carbocycles. The van der Waals surface area contributed by atoms with Crippen LogP contribution in [0.25, 0.3) is 11.5 Å². The van der Waals surface area contributed by atoms with Crippen LogP contribution in [0.5, 0.6) is 0 Å². The minimum atomic E-state index is -3.54. The lowest BCUT2D eigenvalue weighted by atomic mass is 10.2. The summed E-state index contributed by atoms with van der Waals surface area (Å²) in [6.45, 7) is 1.98. The number of aromatic nitrogens is 3. The summed E-state index contributed by atoms with van der Waals surface area (Å²) >= 11 is 0. The van der Waals surface area contributed by atoms with E-state index in [4.69, 9.17) is 4.42 Å². The topological polar surface area (TPSA) is 119 Å². The summed E-state index contributed by atoms with van der Waals surface area (Å²) in [7, 11) is -1.85. The van der Waals surface area contributed by atoms with Gasteiger partial charge in [0.05, 0.1) is 12.3 Å². The van der Waals surface area contributed by atoms with Crippen molar-refractivity contribution in [3.05, 3.63) is 89.6 Å². The molecule has 33 heavy (non-hydrogen) atoms. The number of oxazole rings is 1. The summed E-state index contributed by atoms with van der Waals surface area (Å²) in [5.74, 6) is 0.604. The molecule has 9 nitrogen and oxygen atoms in total. The molecule has 0 aliphatic carbocycles. The first kappa shape index (κ1) is 22.3. The Bertz CT molecular complexity index is 1360. The fourth-order valence-electron chi connectivity index (χ4n) is 3.26. The number of nitrogens with one attached hydrogen (secondary N) is 2. The SMILES string of the molecule is Cc1oc(-c2ccc(NS(=O)(=O)Cc3ccccc3)cc2)nc1CNC(=O)c1ccnn1C. The predicted molar refractivity (Wildman–Crippen MR) is 124 cm³/mol. The van der Waals surface area contributed by atoms with E-state index in [-0.39, 0.29) is 18.2 Å². The standard InChI is InChI=1S/C23H23N5O4S/c1-16-20(14-24-22(29)21-12-13-25-28(21)2)26-23(32-16)18-8-10-19(11-9-18)27-33(30,31)15-17-6-4-3-5-7-17/h3-13,27H,14-15H2,1-2H3,(H,24,29). The van der Waals surface area contributed by atoms with Gasteiger partial charge in [-0.25, -0.2) is 13.4 Å². The number of carbonyl (C=O) groups excluding carboxylic acids is 1. The monoisotopic (exact) mass is 465 g/mol. The lowest BCUT2D eigenvalue weighted by molar-refractivity contribution is 0.0941. The van der Waals surface area contributed by atoms with Gasteiger partial charge in [-0.05, 0) is 42.8 Å². The van der Waals surface area contributed by atoms with Crippen molar-refractivity contribution in [2.45, 2.75) is 19.2 Å². The molecule has 10 heteroatoms. The molecular formula is C23H23N5O4S. The van der Waals surface area contributed by atoms with Crippen LogP contribution < -0.4 is 10.0 Å². The average molecular weight is 466 g/mol. The molecule has 0 fully saturated rings. The van der Waals surface area contributed by atoms with E-state index in [2.05, 4.69) is 20.1 Å². The molecule has 2 N–H and O–H groups in total. The number of carbonyl (C=O) groups is 1. The number of nitrogens with zero attached hydrogens (tertiary/aromatic N) is 3. The molecule has 0 saturated carbocycles. The third-order valence-electron chi connectivity index (χ3n) is 4.97. The van der Waals surface area contributed by atoms with Gasteiger partial charge in [0.2, 0.25) is 15.9 Å². The van der Waals surface area contributed by atoms with Crippen LogP contribution in [0, 0.1) is 6.92 Å². The predicted octanol–water partition coefficient (Wildman–Crippen LogP) is 3.26. The zero-order valence-corrected chi connectivity index (χ0v) is 19.0. The van der Waals surface area contributed by atoms with Gasteiger partial charge in [-0.2, -0.15) is 5.10 Å². The Morgan fingerprint density at radius 1 is 1.06 bits per heavy atom. The smallest absolute Gasteiger partial charge is 0.269 e. The van der Waals surface area contributed by atoms with Gasteiger partial charge in [-0.3, -0.25) is 14.2 Å². The van der Waals surface area contributed by atoms with Crippen LogP contribution in [0.15, 0.2) is 71.3 Å². The molecule has 0 radical (unpaired) electrons. The number of hydrogen-bond donors (Lipinski definition) is 2. The van der Waals surface area contributed by atoms with Crippen LogP contribution >= 0.6 is 0 Å². The van der Waals surface area contributed by atoms with E-state index >= 15 is 0 Å². The second-order valence-electron chi connectivity index (χ2n) is 7.47. The van der Waals surface area contributed by atoms with Crippen molar-refractivity contribution in [3.63, 3.8) is 0 Å². The van der Waals surface area contributed by atoms with E-state index in [0.717, 1.165) is 0 Å². The van der Waals surface area contributed by atoms with Gasteiger partial charge < -0.3 is 9.73 Å². The number of rotatable bonds is 8. The van der Waals surface area contributed by atoms with Gasteiger partial charge >= 0.3 is 0 Å². The highest BCUT2D eigenvalue weighted by molar-refractivity contribution is 7.91. The summed E-state index contributed by atoms with van der Waals surface area (Å²) in [6, 6.07) is 17.4. The minimum Gasteiger partial charge on any atom is -0.441 e. The Labute approximate surface area is 191 Å². The first-order chi connectivity index (χ1) is 15.8. The molecule has 0 aliphatic heterocycles. The normalized spacial score (nSPS) is 11.3. The maximum atomic E-state index is 12.4. The third kappa shape index (κ3) is 5.47. The van der Waals surface area contributed by atoms with E-state index in [0.29, 0.717) is 39.9 Å². The highest BCUT2D eigenvalue weighted by atomic mass is 32.2. The van der Waals surface area contributed by atoms with Crippen molar-refractivity contribution < 1.29 is 17.6 Å². The van der Waals surface area contributed by atoms with E-state index in [1.807, 2.05) is 6.07 Å². The maximum absolute atomic E-state index is 12.4. The molecule has 2 aromatic heterocycles. The molecule has 4 aromatic rings. The summed E-state index contributed by atoms with van der Waals surface area (Å²) in [5, 5.41) is 6.79. The molecular weight excluding hydrogens is 442 g/mol. The first-order valence-corrected chi connectivity index (χ1v) is 11.8. The highest BCUT2D eigenvalue weighted by Crippen LogP contribution is 2.24. The van der Waals surface area contributed by atoms with Crippen molar-refractivity contribution in [2.24, 2.45) is 7.05 Å². The van der Waals surface area contributed by atoms with Crippen molar-refractivity contribution in [3.8, 4) is 11.5 Å². The molecule has 0 atom stereocenters. The molecule has 0 aliphatic rings. The Hall–Kier alpha value is -3.92. The number of benzene rings is 2. The Morgan fingerprint density at radius 3 is 2.45 bits per heavy atom. The fourth-order valence-corrected chi connectivity index (χ4v) is 4.46. The van der Waals surface area contributed by atoms with Crippen molar-refractivity contribution in [2.75, 3.05) is 4.72 Å². The Kier molecular flexibility index (Phi) is 6.27. The van der Waals surface area contributed by atoms with Gasteiger partial charge in [-0.1, -0.05) is 30.3 Å². The van der Waals surface area contributed by atoms with Crippen molar-refractivity contribution in [1.29, 1.82) is 0 Å². The quantitative estimate of drug-likeness (QED) is 0.412. The molecule has 2 heterocycles. The summed E-state index contributed by atoms with van der Waals surface area (Å²) < 4.78 is 34.7. The fraction of sp³-hybridized carbons (Fsp3) is 0.174. The van der Waals surface area contributed by atoms with Gasteiger partial charge in [0.1, 0.15) is 17.1 Å². The number of amides is 1. The highest BCUT2D eigenvalue weighted by Gasteiger charge is 2.16. The summed E-state index contributed by atoms with van der Waals surface area (Å²) in [6.07, 6.45) is 1.56. The number of sulfonamides is 1. The zero-order chi connectivity index (χ0) is 23.4. The molecule has 0 saturated heterocycles. The first-order valence-electron chi connectivity index (χ1n) is 10.2. The maximum Gasteiger partial charge on any atom is 0.269 e. The molecule has 4 rings (SSSR count). The lowest BCUT2D eigenvalue weighted by Gasteiger charge is -2.08. The van der Waals surface area contributed by atoms with Crippen LogP contribution in [0.2, 0.25) is 0 Å². The van der Waals surface area contributed by atoms with E-state index in [9.17, 15) is 13.2 Å². The largest absolute Gasteiger partial charge is 0.441 e. The van der Waals surface area contributed by atoms with Gasteiger partial charge in [-0.15, -0.1) is 0 Å².